The van der Waals surface area contributed by atoms with Crippen molar-refractivity contribution in [2.45, 2.75) is 13.8 Å². The molecule has 4 N–H and O–H groups in total. The number of para-hydroxylation sites is 1. The maximum Gasteiger partial charge on any atom is 0.310 e. The molecule has 0 aliphatic heterocycles. The summed E-state index contributed by atoms with van der Waals surface area (Å²) in [6, 6.07) is 8.70. The molecule has 0 aliphatic carbocycles. The van der Waals surface area contributed by atoms with E-state index in [1.807, 2.05) is 6.07 Å². The molecule has 0 saturated heterocycles. The van der Waals surface area contributed by atoms with Crippen molar-refractivity contribution in [1.29, 1.82) is 0 Å². The smallest absolute Gasteiger partial charge is 0.310 e. The van der Waals surface area contributed by atoms with Gasteiger partial charge < -0.3 is 16.2 Å². The molecule has 6 heteroatoms. The first kappa shape index (κ1) is 14.8. The van der Waals surface area contributed by atoms with Gasteiger partial charge in [-0.25, -0.2) is 4.98 Å². The first-order chi connectivity index (χ1) is 9.81. The monoisotopic (exact) mass is 287 g/mol. The third-order valence-corrected chi connectivity index (χ3v) is 3.27. The van der Waals surface area contributed by atoms with E-state index in [0.717, 1.165) is 0 Å². The highest BCUT2D eigenvalue weighted by Crippen LogP contribution is 2.22. The van der Waals surface area contributed by atoms with Crippen molar-refractivity contribution < 1.29 is 14.7 Å². The summed E-state index contributed by atoms with van der Waals surface area (Å²) in [4.78, 5) is 27.0. The Morgan fingerprint density at radius 3 is 2.62 bits per heavy atom. The van der Waals surface area contributed by atoms with Crippen molar-refractivity contribution >= 4 is 28.6 Å². The van der Waals surface area contributed by atoms with Crippen molar-refractivity contribution in [2.24, 2.45) is 11.1 Å². The summed E-state index contributed by atoms with van der Waals surface area (Å²) in [6.07, 6.45) is 0. The van der Waals surface area contributed by atoms with Crippen LogP contribution >= 0.6 is 0 Å². The molecule has 2 rings (SSSR count). The molecular formula is C15H17N3O3. The van der Waals surface area contributed by atoms with E-state index in [0.29, 0.717) is 22.3 Å². The van der Waals surface area contributed by atoms with E-state index in [2.05, 4.69) is 10.3 Å². The topological polar surface area (TPSA) is 105 Å². The van der Waals surface area contributed by atoms with Gasteiger partial charge in [0.05, 0.1) is 16.5 Å². The molecule has 0 bridgehead atoms. The summed E-state index contributed by atoms with van der Waals surface area (Å²) >= 11 is 0. The molecule has 1 aromatic heterocycles. The predicted molar refractivity (Wildman–Crippen MR) is 80.2 cm³/mol. The lowest BCUT2D eigenvalue weighted by molar-refractivity contribution is -0.146. The van der Waals surface area contributed by atoms with Gasteiger partial charge in [0, 0.05) is 11.9 Å². The number of amides is 1. The molecule has 110 valence electrons. The molecule has 21 heavy (non-hydrogen) atoms. The first-order valence-electron chi connectivity index (χ1n) is 6.48. The van der Waals surface area contributed by atoms with Crippen molar-refractivity contribution in [1.82, 2.24) is 4.98 Å². The van der Waals surface area contributed by atoms with Crippen LogP contribution in [-0.4, -0.2) is 28.5 Å². The number of carbonyl (C=O) groups excluding carboxylic acids is 1. The molecule has 0 aliphatic rings. The van der Waals surface area contributed by atoms with E-state index in [4.69, 9.17) is 10.8 Å². The van der Waals surface area contributed by atoms with Crippen LogP contribution in [0, 0.1) is 5.41 Å². The number of nitrogens with one attached hydrogen (secondary N) is 1. The Hall–Kier alpha value is -2.63. The zero-order valence-electron chi connectivity index (χ0n) is 11.9. The molecule has 0 atom stereocenters. The fraction of sp³-hybridized carbons (Fsp3) is 0.267. The average Bonchev–Trinajstić information content (AvgIpc) is 2.44. The second-order valence-electron chi connectivity index (χ2n) is 5.48. The lowest BCUT2D eigenvalue weighted by atomic mass is 9.94. The summed E-state index contributed by atoms with van der Waals surface area (Å²) in [7, 11) is 0. The number of nitrogens with zero attached hydrogens (tertiary/aromatic N) is 1. The predicted octanol–water partition coefficient (Wildman–Crippen LogP) is 1.86. The number of anilines is 1. The molecule has 2 aromatic rings. The van der Waals surface area contributed by atoms with Crippen LogP contribution in [0.3, 0.4) is 0 Å². The number of primary amides is 1. The van der Waals surface area contributed by atoms with Gasteiger partial charge in [-0.2, -0.15) is 0 Å². The molecule has 0 fully saturated rings. The van der Waals surface area contributed by atoms with Gasteiger partial charge in [-0.15, -0.1) is 0 Å². The van der Waals surface area contributed by atoms with Crippen LogP contribution in [0.15, 0.2) is 30.3 Å². The average molecular weight is 287 g/mol. The maximum absolute atomic E-state index is 11.5. The lowest BCUT2D eigenvalue weighted by Gasteiger charge is -2.20. The fourth-order valence-electron chi connectivity index (χ4n) is 1.86. The number of fused-ring (bicyclic) bond motifs is 1. The normalized spacial score (nSPS) is 11.3. The van der Waals surface area contributed by atoms with Gasteiger partial charge in [0.15, 0.2) is 0 Å². The maximum atomic E-state index is 11.5. The number of carbonyl (C=O) groups is 2. The zero-order valence-corrected chi connectivity index (χ0v) is 11.9. The third-order valence-electron chi connectivity index (χ3n) is 3.27. The van der Waals surface area contributed by atoms with Crippen LogP contribution < -0.4 is 11.1 Å². The summed E-state index contributed by atoms with van der Waals surface area (Å²) in [5, 5.41) is 12.7. The Bertz CT molecular complexity index is 710. The van der Waals surface area contributed by atoms with Gasteiger partial charge in [0.25, 0.3) is 0 Å². The van der Waals surface area contributed by atoms with Crippen LogP contribution in [0.2, 0.25) is 0 Å². The number of hydrogen-bond donors (Lipinski definition) is 3. The minimum atomic E-state index is -0.944. The SMILES string of the molecule is CC(C)(CNc1cc(C(N)=O)c2ccccc2n1)C(=O)O. The zero-order chi connectivity index (χ0) is 15.6. The molecule has 6 nitrogen and oxygen atoms in total. The quantitative estimate of drug-likeness (QED) is 0.778. The van der Waals surface area contributed by atoms with E-state index < -0.39 is 17.3 Å². The second kappa shape index (κ2) is 5.40. The molecule has 0 spiro atoms. The van der Waals surface area contributed by atoms with Crippen molar-refractivity contribution in [2.75, 3.05) is 11.9 Å². The standard InChI is InChI=1S/C15H17N3O3/c1-15(2,14(20)21)8-17-12-7-10(13(16)19)9-5-3-4-6-11(9)18-12/h3-7H,8H2,1-2H3,(H2,16,19)(H,17,18)(H,20,21). The minimum absolute atomic E-state index is 0.186. The lowest BCUT2D eigenvalue weighted by Crippen LogP contribution is -2.32. The van der Waals surface area contributed by atoms with E-state index >= 15 is 0 Å². The molecular weight excluding hydrogens is 270 g/mol. The Morgan fingerprint density at radius 1 is 1.33 bits per heavy atom. The Morgan fingerprint density at radius 2 is 2.00 bits per heavy atom. The van der Waals surface area contributed by atoms with Crippen LogP contribution in [-0.2, 0) is 4.79 Å². The molecule has 0 unspecified atom stereocenters. The van der Waals surface area contributed by atoms with Gasteiger partial charge in [-0.1, -0.05) is 18.2 Å². The van der Waals surface area contributed by atoms with Crippen LogP contribution in [0.1, 0.15) is 24.2 Å². The van der Waals surface area contributed by atoms with Gasteiger partial charge in [-0.05, 0) is 26.0 Å². The number of carboxylic acid groups (broad SMARTS) is 1. The molecule has 0 radical (unpaired) electrons. The number of carboxylic acids is 1. The number of pyridine rings is 1. The highest BCUT2D eigenvalue weighted by molar-refractivity contribution is 6.06. The van der Waals surface area contributed by atoms with Crippen molar-refractivity contribution in [3.8, 4) is 0 Å². The molecule has 1 aromatic carbocycles. The molecule has 0 saturated carbocycles. The Kier molecular flexibility index (Phi) is 3.80. The van der Waals surface area contributed by atoms with Crippen LogP contribution in [0.5, 0.6) is 0 Å². The van der Waals surface area contributed by atoms with Gasteiger partial charge >= 0.3 is 5.97 Å². The Balaban J connectivity index is 2.37. The van der Waals surface area contributed by atoms with Gasteiger partial charge in [0.1, 0.15) is 5.82 Å². The van der Waals surface area contributed by atoms with Gasteiger partial charge in [0.2, 0.25) is 5.91 Å². The number of aromatic nitrogens is 1. The van der Waals surface area contributed by atoms with E-state index in [1.54, 1.807) is 38.1 Å². The third kappa shape index (κ3) is 3.10. The summed E-state index contributed by atoms with van der Waals surface area (Å²) in [5.74, 6) is -1.03. The van der Waals surface area contributed by atoms with E-state index in [1.165, 1.54) is 0 Å². The van der Waals surface area contributed by atoms with Crippen molar-refractivity contribution in [3.63, 3.8) is 0 Å². The molecule has 1 heterocycles. The number of benzene rings is 1. The number of hydrogen-bond acceptors (Lipinski definition) is 4. The number of aliphatic carboxylic acids is 1. The highest BCUT2D eigenvalue weighted by atomic mass is 16.4. The number of rotatable bonds is 5. The first-order valence-corrected chi connectivity index (χ1v) is 6.48. The largest absolute Gasteiger partial charge is 0.481 e. The summed E-state index contributed by atoms with van der Waals surface area (Å²) < 4.78 is 0. The summed E-state index contributed by atoms with van der Waals surface area (Å²) in [5.41, 5.74) is 5.43. The van der Waals surface area contributed by atoms with Crippen molar-refractivity contribution in [3.05, 3.63) is 35.9 Å². The van der Waals surface area contributed by atoms with E-state index in [-0.39, 0.29) is 6.54 Å². The van der Waals surface area contributed by atoms with Gasteiger partial charge in [-0.3, -0.25) is 9.59 Å². The highest BCUT2D eigenvalue weighted by Gasteiger charge is 2.27. The second-order valence-corrected chi connectivity index (χ2v) is 5.48. The number of nitrogens with two attached hydrogens (primary N) is 1. The van der Waals surface area contributed by atoms with Crippen LogP contribution in [0.25, 0.3) is 10.9 Å². The minimum Gasteiger partial charge on any atom is -0.481 e. The Labute approximate surface area is 122 Å². The molecule has 1 amide bonds. The van der Waals surface area contributed by atoms with E-state index in [9.17, 15) is 9.59 Å². The summed E-state index contributed by atoms with van der Waals surface area (Å²) in [6.45, 7) is 3.41. The van der Waals surface area contributed by atoms with Crippen LogP contribution in [0.4, 0.5) is 5.82 Å². The fourth-order valence-corrected chi connectivity index (χ4v) is 1.86.